The van der Waals surface area contributed by atoms with Gasteiger partial charge in [-0.2, -0.15) is 0 Å². The molecule has 0 aliphatic carbocycles. The quantitative estimate of drug-likeness (QED) is 0.692. The summed E-state index contributed by atoms with van der Waals surface area (Å²) in [5.74, 6) is -1.49. The van der Waals surface area contributed by atoms with E-state index in [4.69, 9.17) is 5.11 Å². The summed E-state index contributed by atoms with van der Waals surface area (Å²) in [5, 5.41) is 13.8. The molecule has 18 heavy (non-hydrogen) atoms. The van der Waals surface area contributed by atoms with Crippen molar-refractivity contribution in [1.82, 2.24) is 5.32 Å². The number of amides is 2. The molecule has 0 saturated carbocycles. The molecule has 98 valence electrons. The predicted molar refractivity (Wildman–Crippen MR) is 69.2 cm³/mol. The molecule has 2 amide bonds. The number of benzene rings is 1. The van der Waals surface area contributed by atoms with Crippen molar-refractivity contribution in [3.05, 3.63) is 29.3 Å². The number of aliphatic hydroxyl groups excluding tert-OH is 1. The van der Waals surface area contributed by atoms with Crippen molar-refractivity contribution in [3.8, 4) is 0 Å². The molecule has 0 heterocycles. The summed E-state index contributed by atoms with van der Waals surface area (Å²) in [6, 6.07) is 5.54. The zero-order valence-corrected chi connectivity index (χ0v) is 10.8. The Balaban J connectivity index is 2.61. The molecule has 0 fully saturated rings. The highest BCUT2D eigenvalue weighted by atomic mass is 16.3. The van der Waals surface area contributed by atoms with Crippen molar-refractivity contribution >= 4 is 17.5 Å². The second kappa shape index (κ2) is 6.16. The van der Waals surface area contributed by atoms with Gasteiger partial charge < -0.3 is 15.7 Å². The van der Waals surface area contributed by atoms with Crippen LogP contribution in [-0.4, -0.2) is 29.6 Å². The Labute approximate surface area is 106 Å². The monoisotopic (exact) mass is 250 g/mol. The van der Waals surface area contributed by atoms with Crippen LogP contribution in [0.1, 0.15) is 18.1 Å². The summed E-state index contributed by atoms with van der Waals surface area (Å²) in [4.78, 5) is 22.9. The van der Waals surface area contributed by atoms with E-state index in [2.05, 4.69) is 10.6 Å². The van der Waals surface area contributed by atoms with Crippen molar-refractivity contribution in [2.45, 2.75) is 26.9 Å². The molecule has 5 nitrogen and oxygen atoms in total. The first-order valence-corrected chi connectivity index (χ1v) is 5.74. The normalized spacial score (nSPS) is 11.8. The molecule has 3 N–H and O–H groups in total. The molecule has 0 spiro atoms. The van der Waals surface area contributed by atoms with Crippen molar-refractivity contribution < 1.29 is 14.7 Å². The highest BCUT2D eigenvalue weighted by Gasteiger charge is 2.14. The number of aryl methyl sites for hydroxylation is 2. The minimum Gasteiger partial charge on any atom is -0.392 e. The topological polar surface area (TPSA) is 78.4 Å². The summed E-state index contributed by atoms with van der Waals surface area (Å²) in [6.07, 6.45) is -0.678. The third-order valence-corrected chi connectivity index (χ3v) is 2.24. The Morgan fingerprint density at radius 2 is 1.72 bits per heavy atom. The Morgan fingerprint density at radius 3 is 2.22 bits per heavy atom. The molecular weight excluding hydrogens is 232 g/mol. The Morgan fingerprint density at radius 1 is 1.17 bits per heavy atom. The smallest absolute Gasteiger partial charge is 0.313 e. The maximum Gasteiger partial charge on any atom is 0.313 e. The van der Waals surface area contributed by atoms with Crippen molar-refractivity contribution in [3.63, 3.8) is 0 Å². The lowest BCUT2D eigenvalue weighted by Crippen LogP contribution is -2.38. The molecule has 0 bridgehead atoms. The summed E-state index contributed by atoms with van der Waals surface area (Å²) < 4.78 is 0. The summed E-state index contributed by atoms with van der Waals surface area (Å²) >= 11 is 0. The van der Waals surface area contributed by atoms with Gasteiger partial charge in [0.1, 0.15) is 0 Å². The van der Waals surface area contributed by atoms with Gasteiger partial charge in [0.15, 0.2) is 0 Å². The molecule has 0 aromatic heterocycles. The average molecular weight is 250 g/mol. The van der Waals surface area contributed by atoms with Crippen LogP contribution in [0, 0.1) is 13.8 Å². The fraction of sp³-hybridized carbons (Fsp3) is 0.385. The van der Waals surface area contributed by atoms with Crippen molar-refractivity contribution in [1.29, 1.82) is 0 Å². The van der Waals surface area contributed by atoms with E-state index in [1.54, 1.807) is 12.1 Å². The zero-order valence-electron chi connectivity index (χ0n) is 10.8. The maximum atomic E-state index is 11.5. The fourth-order valence-electron chi connectivity index (χ4n) is 1.56. The molecule has 5 heteroatoms. The van der Waals surface area contributed by atoms with Gasteiger partial charge in [-0.1, -0.05) is 6.07 Å². The second-order valence-electron chi connectivity index (χ2n) is 4.39. The number of aliphatic hydroxyl groups is 1. The third-order valence-electron chi connectivity index (χ3n) is 2.24. The highest BCUT2D eigenvalue weighted by molar-refractivity contribution is 6.39. The molecule has 1 rings (SSSR count). The number of hydrogen-bond acceptors (Lipinski definition) is 3. The molecule has 0 aliphatic rings. The second-order valence-corrected chi connectivity index (χ2v) is 4.39. The van der Waals surface area contributed by atoms with E-state index in [0.29, 0.717) is 5.69 Å². The minimum atomic E-state index is -0.755. The molecule has 0 aliphatic heterocycles. The molecule has 1 aromatic carbocycles. The van der Waals surface area contributed by atoms with Crippen LogP contribution in [0.3, 0.4) is 0 Å². The van der Waals surface area contributed by atoms with Gasteiger partial charge in [0.05, 0.1) is 6.10 Å². The van der Waals surface area contributed by atoms with Crippen LogP contribution in [-0.2, 0) is 9.59 Å². The van der Waals surface area contributed by atoms with Gasteiger partial charge in [0.2, 0.25) is 0 Å². The Bertz CT molecular complexity index is 435. The first-order valence-electron chi connectivity index (χ1n) is 5.74. The molecule has 0 unspecified atom stereocenters. The van der Waals surface area contributed by atoms with Gasteiger partial charge >= 0.3 is 11.8 Å². The van der Waals surface area contributed by atoms with Gasteiger partial charge in [-0.3, -0.25) is 9.59 Å². The lowest BCUT2D eigenvalue weighted by molar-refractivity contribution is -0.136. The SMILES string of the molecule is Cc1cc(C)cc(NC(=O)C(=O)NC[C@H](C)O)c1. The van der Waals surface area contributed by atoms with Gasteiger partial charge in [-0.25, -0.2) is 0 Å². The van der Waals surface area contributed by atoms with Crippen molar-refractivity contribution in [2.24, 2.45) is 0 Å². The van der Waals surface area contributed by atoms with E-state index in [0.717, 1.165) is 11.1 Å². The predicted octanol–water partition coefficient (Wildman–Crippen LogP) is 0.739. The largest absolute Gasteiger partial charge is 0.392 e. The van der Waals surface area contributed by atoms with Crippen LogP contribution >= 0.6 is 0 Å². The van der Waals surface area contributed by atoms with Gasteiger partial charge in [0, 0.05) is 12.2 Å². The number of anilines is 1. The number of carbonyl (C=O) groups is 2. The Hall–Kier alpha value is -1.88. The standard InChI is InChI=1S/C13H18N2O3/c1-8-4-9(2)6-11(5-8)15-13(18)12(17)14-7-10(3)16/h4-6,10,16H,7H2,1-3H3,(H,14,17)(H,15,18)/t10-/m0/s1. The first kappa shape index (κ1) is 14.2. The van der Waals surface area contributed by atoms with E-state index in [1.807, 2.05) is 19.9 Å². The van der Waals surface area contributed by atoms with Crippen LogP contribution in [0.5, 0.6) is 0 Å². The molecular formula is C13H18N2O3. The number of rotatable bonds is 3. The summed E-state index contributed by atoms with van der Waals surface area (Å²) in [5.41, 5.74) is 2.61. The molecule has 1 aromatic rings. The number of carbonyl (C=O) groups excluding carboxylic acids is 2. The average Bonchev–Trinajstić information content (AvgIpc) is 2.24. The third kappa shape index (κ3) is 4.55. The van der Waals surface area contributed by atoms with Gasteiger partial charge in [-0.05, 0) is 44.0 Å². The van der Waals surface area contributed by atoms with Crippen LogP contribution in [0.4, 0.5) is 5.69 Å². The van der Waals surface area contributed by atoms with Crippen molar-refractivity contribution in [2.75, 3.05) is 11.9 Å². The number of hydrogen-bond donors (Lipinski definition) is 3. The lowest BCUT2D eigenvalue weighted by atomic mass is 10.1. The summed E-state index contributed by atoms with van der Waals surface area (Å²) in [7, 11) is 0. The van der Waals surface area contributed by atoms with Crippen LogP contribution in [0.25, 0.3) is 0 Å². The summed E-state index contributed by atoms with van der Waals surface area (Å²) in [6.45, 7) is 5.41. The first-order chi connectivity index (χ1) is 8.38. The molecule has 0 saturated heterocycles. The van der Waals surface area contributed by atoms with E-state index < -0.39 is 17.9 Å². The van der Waals surface area contributed by atoms with Crippen LogP contribution in [0.2, 0.25) is 0 Å². The minimum absolute atomic E-state index is 0.0547. The van der Waals surface area contributed by atoms with Gasteiger partial charge in [-0.15, -0.1) is 0 Å². The highest BCUT2D eigenvalue weighted by Crippen LogP contribution is 2.13. The van der Waals surface area contributed by atoms with E-state index in [1.165, 1.54) is 6.92 Å². The van der Waals surface area contributed by atoms with E-state index >= 15 is 0 Å². The van der Waals surface area contributed by atoms with E-state index in [9.17, 15) is 9.59 Å². The Kier molecular flexibility index (Phi) is 4.85. The fourth-order valence-corrected chi connectivity index (χ4v) is 1.56. The zero-order chi connectivity index (χ0) is 13.7. The lowest BCUT2D eigenvalue weighted by Gasteiger charge is -2.09. The van der Waals surface area contributed by atoms with Gasteiger partial charge in [0.25, 0.3) is 0 Å². The van der Waals surface area contributed by atoms with Crippen LogP contribution < -0.4 is 10.6 Å². The molecule has 1 atom stereocenters. The molecule has 0 radical (unpaired) electrons. The van der Waals surface area contributed by atoms with Crippen LogP contribution in [0.15, 0.2) is 18.2 Å². The maximum absolute atomic E-state index is 11.5. The van der Waals surface area contributed by atoms with E-state index in [-0.39, 0.29) is 6.54 Å². The number of nitrogens with one attached hydrogen (secondary N) is 2.